The predicted molar refractivity (Wildman–Crippen MR) is 107 cm³/mol. The first-order chi connectivity index (χ1) is 13.6. The first-order valence-corrected chi connectivity index (χ1v) is 9.75. The highest BCUT2D eigenvalue weighted by atomic mass is 35.5. The summed E-state index contributed by atoms with van der Waals surface area (Å²) in [6.07, 6.45) is 5.08. The van der Waals surface area contributed by atoms with Crippen molar-refractivity contribution in [2.45, 2.75) is 25.0 Å². The van der Waals surface area contributed by atoms with Gasteiger partial charge in [-0.2, -0.15) is 0 Å². The molecule has 146 valence electrons. The summed E-state index contributed by atoms with van der Waals surface area (Å²) in [5, 5.41) is 1.06. The first-order valence-electron chi connectivity index (χ1n) is 8.99. The summed E-state index contributed by atoms with van der Waals surface area (Å²) in [5.74, 6) is -1.02. The molecule has 2 heterocycles. The van der Waals surface area contributed by atoms with Crippen LogP contribution in [0.5, 0.6) is 0 Å². The molecule has 3 aromatic rings. The Morgan fingerprint density at radius 2 is 2.04 bits per heavy atom. The second-order valence-electron chi connectivity index (χ2n) is 6.66. The molecular weight excluding hydrogens is 399 g/mol. The van der Waals surface area contributed by atoms with Gasteiger partial charge in [-0.05, 0) is 17.7 Å². The molecule has 1 aromatic heterocycles. The Labute approximate surface area is 173 Å². The minimum Gasteiger partial charge on any atom is -0.374 e. The maximum Gasteiger partial charge on any atom is 0.215 e. The third kappa shape index (κ3) is 4.40. The molecule has 0 saturated carbocycles. The first kappa shape index (κ1) is 19.4. The van der Waals surface area contributed by atoms with Gasteiger partial charge in [0.25, 0.3) is 0 Å². The zero-order chi connectivity index (χ0) is 19.4. The Bertz CT molecular complexity index is 905. The van der Waals surface area contributed by atoms with Crippen LogP contribution in [0.15, 0.2) is 67.3 Å². The number of hydrogen-bond donors (Lipinski definition) is 0. The summed E-state index contributed by atoms with van der Waals surface area (Å²) in [6.45, 7) is 1.77. The number of nitrogens with zero attached hydrogens (tertiary/aromatic N) is 2. The van der Waals surface area contributed by atoms with Crippen LogP contribution in [0.2, 0.25) is 10.0 Å². The van der Waals surface area contributed by atoms with E-state index in [4.69, 9.17) is 37.4 Å². The average Bonchev–Trinajstić information content (AvgIpc) is 3.34. The average molecular weight is 419 g/mol. The lowest BCUT2D eigenvalue weighted by Gasteiger charge is -2.30. The molecule has 0 bridgehead atoms. The smallest absolute Gasteiger partial charge is 0.215 e. The number of ether oxygens (including phenoxy) is 3. The third-order valence-electron chi connectivity index (χ3n) is 4.57. The topological polar surface area (TPSA) is 45.5 Å². The Morgan fingerprint density at radius 3 is 2.79 bits per heavy atom. The lowest BCUT2D eigenvalue weighted by molar-refractivity contribution is -0.191. The van der Waals surface area contributed by atoms with Crippen molar-refractivity contribution in [2.24, 2.45) is 0 Å². The molecule has 0 radical (unpaired) electrons. The molecule has 0 amide bonds. The SMILES string of the molecule is Clc1ccc([C@]2(Cn3ccnc3)OC[C@H](COCc3ccccc3)O2)c(Cl)c1. The molecule has 7 heteroatoms. The van der Waals surface area contributed by atoms with Crippen molar-refractivity contribution in [3.05, 3.63) is 88.4 Å². The zero-order valence-electron chi connectivity index (χ0n) is 15.1. The van der Waals surface area contributed by atoms with E-state index in [0.29, 0.717) is 36.4 Å². The van der Waals surface area contributed by atoms with Crippen molar-refractivity contribution >= 4 is 23.2 Å². The van der Waals surface area contributed by atoms with Crippen LogP contribution >= 0.6 is 23.2 Å². The standard InChI is InChI=1S/C21H20Cl2N2O3/c22-17-6-7-19(20(23)10-17)21(14-25-9-8-24-15-25)27-13-18(28-21)12-26-11-16-4-2-1-3-5-16/h1-10,15,18H,11-14H2/t18-,21+/m0/s1. The number of aromatic nitrogens is 2. The maximum absolute atomic E-state index is 6.47. The van der Waals surface area contributed by atoms with Crippen LogP contribution in [0.1, 0.15) is 11.1 Å². The summed E-state index contributed by atoms with van der Waals surface area (Å²) < 4.78 is 20.2. The van der Waals surface area contributed by atoms with E-state index >= 15 is 0 Å². The lowest BCUT2D eigenvalue weighted by atomic mass is 10.1. The number of halogens is 2. The van der Waals surface area contributed by atoms with Gasteiger partial charge in [0.1, 0.15) is 6.10 Å². The van der Waals surface area contributed by atoms with E-state index in [0.717, 1.165) is 11.1 Å². The van der Waals surface area contributed by atoms with Gasteiger partial charge in [-0.25, -0.2) is 4.98 Å². The summed E-state index contributed by atoms with van der Waals surface area (Å²) in [6, 6.07) is 15.3. The lowest BCUT2D eigenvalue weighted by Crippen LogP contribution is -2.34. The Morgan fingerprint density at radius 1 is 1.18 bits per heavy atom. The normalized spacial score (nSPS) is 21.9. The Balaban J connectivity index is 1.49. The molecular formula is C21H20Cl2N2O3. The molecule has 2 aromatic carbocycles. The van der Waals surface area contributed by atoms with Gasteiger partial charge in [0.05, 0.1) is 37.7 Å². The number of imidazole rings is 1. The second kappa shape index (κ2) is 8.64. The largest absolute Gasteiger partial charge is 0.374 e. The van der Waals surface area contributed by atoms with Gasteiger partial charge in [-0.3, -0.25) is 0 Å². The summed E-state index contributed by atoms with van der Waals surface area (Å²) >= 11 is 12.5. The van der Waals surface area contributed by atoms with Crippen molar-refractivity contribution in [1.29, 1.82) is 0 Å². The summed E-state index contributed by atoms with van der Waals surface area (Å²) in [4.78, 5) is 4.10. The van der Waals surface area contributed by atoms with Gasteiger partial charge in [0.15, 0.2) is 0 Å². The van der Waals surface area contributed by atoms with E-state index in [1.807, 2.05) is 47.2 Å². The van der Waals surface area contributed by atoms with Crippen molar-refractivity contribution in [1.82, 2.24) is 9.55 Å². The van der Waals surface area contributed by atoms with E-state index < -0.39 is 5.79 Å². The van der Waals surface area contributed by atoms with E-state index in [2.05, 4.69) is 4.98 Å². The second-order valence-corrected chi connectivity index (χ2v) is 7.51. The van der Waals surface area contributed by atoms with Gasteiger partial charge in [-0.1, -0.05) is 59.6 Å². The van der Waals surface area contributed by atoms with E-state index in [9.17, 15) is 0 Å². The van der Waals surface area contributed by atoms with Gasteiger partial charge in [-0.15, -0.1) is 0 Å². The highest BCUT2D eigenvalue weighted by Gasteiger charge is 2.45. The van der Waals surface area contributed by atoms with Crippen molar-refractivity contribution in [2.75, 3.05) is 13.2 Å². The molecule has 1 aliphatic rings. The monoisotopic (exact) mass is 418 g/mol. The van der Waals surface area contributed by atoms with E-state index in [1.165, 1.54) is 0 Å². The molecule has 1 fully saturated rings. The fraction of sp³-hybridized carbons (Fsp3) is 0.286. The molecule has 4 rings (SSSR count). The van der Waals surface area contributed by atoms with Crippen LogP contribution in [-0.4, -0.2) is 28.9 Å². The maximum atomic E-state index is 6.47. The van der Waals surface area contributed by atoms with Crippen LogP contribution in [0.4, 0.5) is 0 Å². The molecule has 0 N–H and O–H groups in total. The number of benzene rings is 2. The third-order valence-corrected chi connectivity index (χ3v) is 5.11. The highest BCUT2D eigenvalue weighted by molar-refractivity contribution is 6.35. The minimum atomic E-state index is -1.02. The highest BCUT2D eigenvalue weighted by Crippen LogP contribution is 2.40. The Kier molecular flexibility index (Phi) is 5.99. The fourth-order valence-electron chi connectivity index (χ4n) is 3.26. The van der Waals surface area contributed by atoms with Crippen LogP contribution in [-0.2, 0) is 33.1 Å². The summed E-state index contributed by atoms with van der Waals surface area (Å²) in [5.41, 5.74) is 1.85. The number of rotatable bonds is 7. The van der Waals surface area contributed by atoms with E-state index in [1.54, 1.807) is 24.7 Å². The van der Waals surface area contributed by atoms with Crippen LogP contribution < -0.4 is 0 Å². The molecule has 0 aliphatic carbocycles. The molecule has 0 unspecified atom stereocenters. The molecule has 5 nitrogen and oxygen atoms in total. The van der Waals surface area contributed by atoms with Crippen LogP contribution in [0.25, 0.3) is 0 Å². The van der Waals surface area contributed by atoms with Crippen molar-refractivity contribution in [3.8, 4) is 0 Å². The molecule has 28 heavy (non-hydrogen) atoms. The van der Waals surface area contributed by atoms with Crippen LogP contribution in [0, 0.1) is 0 Å². The summed E-state index contributed by atoms with van der Waals surface area (Å²) in [7, 11) is 0. The van der Waals surface area contributed by atoms with Gasteiger partial charge >= 0.3 is 0 Å². The Hall–Kier alpha value is -1.89. The van der Waals surface area contributed by atoms with Crippen molar-refractivity contribution < 1.29 is 14.2 Å². The van der Waals surface area contributed by atoms with E-state index in [-0.39, 0.29) is 6.10 Å². The number of hydrogen-bond acceptors (Lipinski definition) is 4. The molecule has 1 saturated heterocycles. The molecule has 0 spiro atoms. The quantitative estimate of drug-likeness (QED) is 0.558. The zero-order valence-corrected chi connectivity index (χ0v) is 16.6. The van der Waals surface area contributed by atoms with Crippen LogP contribution in [0.3, 0.4) is 0 Å². The van der Waals surface area contributed by atoms with Gasteiger partial charge in [0, 0.05) is 23.0 Å². The molecule has 2 atom stereocenters. The predicted octanol–water partition coefficient (Wildman–Crippen LogP) is 4.68. The van der Waals surface area contributed by atoms with Gasteiger partial charge in [0.2, 0.25) is 5.79 Å². The minimum absolute atomic E-state index is 0.209. The van der Waals surface area contributed by atoms with Crippen molar-refractivity contribution in [3.63, 3.8) is 0 Å². The fourth-order valence-corrected chi connectivity index (χ4v) is 3.81. The molecule has 1 aliphatic heterocycles. The van der Waals surface area contributed by atoms with Gasteiger partial charge < -0.3 is 18.8 Å².